The van der Waals surface area contributed by atoms with Gasteiger partial charge in [-0.15, -0.1) is 0 Å². The molecular weight excluding hydrogens is 360 g/mol. The highest BCUT2D eigenvalue weighted by molar-refractivity contribution is 5.89. The molecule has 1 fully saturated rings. The quantitative estimate of drug-likeness (QED) is 0.495. The summed E-state index contributed by atoms with van der Waals surface area (Å²) in [7, 11) is 0. The molecule has 2 aromatic heterocycles. The van der Waals surface area contributed by atoms with E-state index in [1.807, 2.05) is 18.3 Å². The van der Waals surface area contributed by atoms with E-state index < -0.39 is 5.97 Å². The highest BCUT2D eigenvalue weighted by Gasteiger charge is 2.25. The van der Waals surface area contributed by atoms with E-state index in [0.29, 0.717) is 23.6 Å². The number of carboxylic acid groups (broad SMARTS) is 1. The third kappa shape index (κ3) is 3.66. The lowest BCUT2D eigenvalue weighted by Crippen LogP contribution is -2.07. The number of hydrogen-bond donors (Lipinski definition) is 1. The van der Waals surface area contributed by atoms with Crippen molar-refractivity contribution in [3.8, 4) is 0 Å². The maximum absolute atomic E-state index is 11.8. The summed E-state index contributed by atoms with van der Waals surface area (Å²) in [6, 6.07) is 20.7. The average molecular weight is 382 g/mol. The lowest BCUT2D eigenvalue weighted by Gasteiger charge is -2.09. The van der Waals surface area contributed by atoms with Crippen LogP contribution < -0.4 is 0 Å². The van der Waals surface area contributed by atoms with Gasteiger partial charge in [-0.1, -0.05) is 36.4 Å². The molecule has 0 unspecified atom stereocenters. The van der Waals surface area contributed by atoms with Crippen molar-refractivity contribution < 1.29 is 9.90 Å². The van der Waals surface area contributed by atoms with Crippen molar-refractivity contribution in [2.45, 2.75) is 31.7 Å². The Morgan fingerprint density at radius 3 is 2.62 bits per heavy atom. The first-order valence-corrected chi connectivity index (χ1v) is 10.0. The van der Waals surface area contributed by atoms with E-state index in [1.165, 1.54) is 11.1 Å². The maximum Gasteiger partial charge on any atom is 0.337 e. The van der Waals surface area contributed by atoms with Gasteiger partial charge in [0.2, 0.25) is 0 Å². The fraction of sp³-hybridized carbons (Fsp3) is 0.200. The van der Waals surface area contributed by atoms with Gasteiger partial charge in [-0.3, -0.25) is 4.98 Å². The van der Waals surface area contributed by atoms with Gasteiger partial charge in [-0.25, -0.2) is 4.79 Å². The SMILES string of the molecule is O=C(O)c1cc(C2CC2)cnc1Cc1ccc2c(ccn2Cc2ccccc2)c1. The zero-order valence-corrected chi connectivity index (χ0v) is 16.1. The number of rotatable bonds is 6. The minimum Gasteiger partial charge on any atom is -0.478 e. The van der Waals surface area contributed by atoms with Crippen LogP contribution in [-0.4, -0.2) is 20.6 Å². The van der Waals surface area contributed by atoms with Crippen molar-refractivity contribution >= 4 is 16.9 Å². The Morgan fingerprint density at radius 1 is 1.03 bits per heavy atom. The molecular formula is C25H22N2O2. The van der Waals surface area contributed by atoms with Gasteiger partial charge >= 0.3 is 5.97 Å². The van der Waals surface area contributed by atoms with E-state index in [2.05, 4.69) is 64.3 Å². The predicted octanol–water partition coefficient (Wildman–Crippen LogP) is 5.25. The van der Waals surface area contributed by atoms with Gasteiger partial charge in [-0.05, 0) is 65.1 Å². The molecule has 4 heteroatoms. The number of nitrogens with zero attached hydrogens (tertiary/aromatic N) is 2. The third-order valence-electron chi connectivity index (χ3n) is 5.67. The molecule has 144 valence electrons. The summed E-state index contributed by atoms with van der Waals surface area (Å²) in [5, 5.41) is 10.8. The monoisotopic (exact) mass is 382 g/mol. The number of benzene rings is 2. The molecule has 0 amide bonds. The highest BCUT2D eigenvalue weighted by atomic mass is 16.4. The molecule has 1 aliphatic carbocycles. The van der Waals surface area contributed by atoms with Crippen molar-refractivity contribution in [3.05, 3.63) is 101 Å². The smallest absolute Gasteiger partial charge is 0.337 e. The van der Waals surface area contributed by atoms with E-state index >= 15 is 0 Å². The number of hydrogen-bond acceptors (Lipinski definition) is 2. The van der Waals surface area contributed by atoms with Crippen molar-refractivity contribution in [2.75, 3.05) is 0 Å². The van der Waals surface area contributed by atoms with Crippen LogP contribution in [0.2, 0.25) is 0 Å². The minimum absolute atomic E-state index is 0.330. The molecule has 4 nitrogen and oxygen atoms in total. The number of pyridine rings is 1. The van der Waals surface area contributed by atoms with Gasteiger partial charge < -0.3 is 9.67 Å². The van der Waals surface area contributed by atoms with Gasteiger partial charge in [0.05, 0.1) is 11.3 Å². The van der Waals surface area contributed by atoms with Crippen LogP contribution in [0.4, 0.5) is 0 Å². The maximum atomic E-state index is 11.8. The molecule has 0 spiro atoms. The Bertz CT molecular complexity index is 1190. The fourth-order valence-corrected chi connectivity index (χ4v) is 3.95. The van der Waals surface area contributed by atoms with Gasteiger partial charge in [0.15, 0.2) is 0 Å². The average Bonchev–Trinajstić information content (AvgIpc) is 3.51. The van der Waals surface area contributed by atoms with E-state index in [0.717, 1.165) is 35.9 Å². The molecule has 1 saturated carbocycles. The standard InChI is InChI=1S/C25H22N2O2/c28-25(29)22-14-21(19-7-8-19)15-26-23(22)13-18-6-9-24-20(12-18)10-11-27(24)16-17-4-2-1-3-5-17/h1-6,9-12,14-15,19H,7-8,13,16H2,(H,28,29). The van der Waals surface area contributed by atoms with Gasteiger partial charge in [0.1, 0.15) is 0 Å². The van der Waals surface area contributed by atoms with E-state index in [4.69, 9.17) is 0 Å². The van der Waals surface area contributed by atoms with Crippen molar-refractivity contribution in [1.29, 1.82) is 0 Å². The van der Waals surface area contributed by atoms with E-state index in [1.54, 1.807) is 0 Å². The van der Waals surface area contributed by atoms with Crippen LogP contribution in [-0.2, 0) is 13.0 Å². The van der Waals surface area contributed by atoms with Crippen LogP contribution in [0.3, 0.4) is 0 Å². The molecule has 29 heavy (non-hydrogen) atoms. The van der Waals surface area contributed by atoms with E-state index in [-0.39, 0.29) is 0 Å². The third-order valence-corrected chi connectivity index (χ3v) is 5.67. The Hall–Kier alpha value is -3.40. The summed E-state index contributed by atoms with van der Waals surface area (Å²) in [4.78, 5) is 16.3. The topological polar surface area (TPSA) is 55.1 Å². The Morgan fingerprint density at radius 2 is 1.86 bits per heavy atom. The molecule has 0 bridgehead atoms. The lowest BCUT2D eigenvalue weighted by molar-refractivity contribution is 0.0695. The van der Waals surface area contributed by atoms with Crippen molar-refractivity contribution in [3.63, 3.8) is 0 Å². The number of carboxylic acids is 1. The Kier molecular flexibility index (Phi) is 4.39. The summed E-state index contributed by atoms with van der Waals surface area (Å²) in [5.74, 6) is -0.402. The molecule has 5 rings (SSSR count). The first-order valence-electron chi connectivity index (χ1n) is 10.0. The van der Waals surface area contributed by atoms with Gasteiger partial charge in [0.25, 0.3) is 0 Å². The summed E-state index contributed by atoms with van der Waals surface area (Å²) >= 11 is 0. The first kappa shape index (κ1) is 17.7. The zero-order chi connectivity index (χ0) is 19.8. The first-order chi connectivity index (χ1) is 14.2. The number of aromatic carboxylic acids is 1. The summed E-state index contributed by atoms with van der Waals surface area (Å²) in [6.07, 6.45) is 6.75. The summed E-state index contributed by atoms with van der Waals surface area (Å²) < 4.78 is 2.24. The lowest BCUT2D eigenvalue weighted by atomic mass is 10.0. The normalized spacial score (nSPS) is 13.7. The Labute approximate surface area is 169 Å². The molecule has 4 aromatic rings. The van der Waals surface area contributed by atoms with Crippen LogP contribution in [0, 0.1) is 0 Å². The van der Waals surface area contributed by atoms with Crippen LogP contribution in [0.25, 0.3) is 10.9 Å². The second-order valence-corrected chi connectivity index (χ2v) is 7.84. The van der Waals surface area contributed by atoms with Gasteiger partial charge in [-0.2, -0.15) is 0 Å². The van der Waals surface area contributed by atoms with Crippen LogP contribution >= 0.6 is 0 Å². The molecule has 0 radical (unpaired) electrons. The summed E-state index contributed by atoms with van der Waals surface area (Å²) in [5.41, 5.74) is 5.53. The van der Waals surface area contributed by atoms with Crippen molar-refractivity contribution in [1.82, 2.24) is 9.55 Å². The predicted molar refractivity (Wildman–Crippen MR) is 113 cm³/mol. The fourth-order valence-electron chi connectivity index (χ4n) is 3.95. The van der Waals surface area contributed by atoms with E-state index in [9.17, 15) is 9.90 Å². The molecule has 1 aliphatic rings. The molecule has 0 saturated heterocycles. The number of aromatic nitrogens is 2. The highest BCUT2D eigenvalue weighted by Crippen LogP contribution is 2.40. The van der Waals surface area contributed by atoms with Crippen molar-refractivity contribution in [2.24, 2.45) is 0 Å². The molecule has 1 N–H and O–H groups in total. The molecule has 2 aromatic carbocycles. The largest absolute Gasteiger partial charge is 0.478 e. The van der Waals surface area contributed by atoms with Crippen LogP contribution in [0.5, 0.6) is 0 Å². The zero-order valence-electron chi connectivity index (χ0n) is 16.1. The van der Waals surface area contributed by atoms with Gasteiger partial charge in [0, 0.05) is 30.9 Å². The molecule has 0 aliphatic heterocycles. The second-order valence-electron chi connectivity index (χ2n) is 7.84. The summed E-state index contributed by atoms with van der Waals surface area (Å²) in [6.45, 7) is 0.830. The minimum atomic E-state index is -0.898. The molecule has 0 atom stereocenters. The number of fused-ring (bicyclic) bond motifs is 1. The second kappa shape index (κ2) is 7.21. The van der Waals surface area contributed by atoms with Crippen LogP contribution in [0.15, 0.2) is 73.1 Å². The Balaban J connectivity index is 1.42. The number of carbonyl (C=O) groups is 1. The molecule has 2 heterocycles. The van der Waals surface area contributed by atoms with Crippen LogP contribution in [0.1, 0.15) is 51.5 Å².